The van der Waals surface area contributed by atoms with Crippen LogP contribution in [0.2, 0.25) is 0 Å². The third kappa shape index (κ3) is 3.39. The minimum atomic E-state index is 0.221. The van der Waals surface area contributed by atoms with Crippen LogP contribution in [0.15, 0.2) is 42.7 Å². The zero-order chi connectivity index (χ0) is 18.9. The lowest BCUT2D eigenvalue weighted by Gasteiger charge is -2.34. The Hall–Kier alpha value is -2.06. The second-order valence-electron chi connectivity index (χ2n) is 8.28. The largest absolute Gasteiger partial charge is 0.356 e. The number of hydrogen-bond acceptors (Lipinski definition) is 7. The first-order valence-electron chi connectivity index (χ1n) is 10.4. The molecule has 0 saturated carbocycles. The van der Waals surface area contributed by atoms with Gasteiger partial charge in [0.25, 0.3) is 0 Å². The number of nitrogens with zero attached hydrogens (tertiary/aromatic N) is 3. The van der Waals surface area contributed by atoms with Gasteiger partial charge in [0, 0.05) is 50.0 Å². The number of anilines is 1. The molecule has 0 aromatic carbocycles. The monoisotopic (exact) mass is 379 g/mol. The first-order valence-corrected chi connectivity index (χ1v) is 10.4. The van der Waals surface area contributed by atoms with Gasteiger partial charge < -0.3 is 16.0 Å². The van der Waals surface area contributed by atoms with E-state index in [9.17, 15) is 0 Å². The average Bonchev–Trinajstić information content (AvgIpc) is 3.41. The molecule has 0 radical (unpaired) electrons. The normalized spacial score (nSPS) is 32.5. The van der Waals surface area contributed by atoms with Gasteiger partial charge in [0.15, 0.2) is 0 Å². The highest BCUT2D eigenvalue weighted by atomic mass is 15.4. The van der Waals surface area contributed by atoms with E-state index < -0.39 is 0 Å². The molecule has 5 N–H and O–H groups in total. The lowest BCUT2D eigenvalue weighted by atomic mass is 9.81. The summed E-state index contributed by atoms with van der Waals surface area (Å²) < 4.78 is 0. The highest BCUT2D eigenvalue weighted by Crippen LogP contribution is 2.38. The lowest BCUT2D eigenvalue weighted by Crippen LogP contribution is -2.46. The Balaban J connectivity index is 1.34. The van der Waals surface area contributed by atoms with Gasteiger partial charge in [0.1, 0.15) is 5.82 Å². The van der Waals surface area contributed by atoms with Crippen molar-refractivity contribution in [2.75, 3.05) is 31.1 Å². The second kappa shape index (κ2) is 7.75. The summed E-state index contributed by atoms with van der Waals surface area (Å²) in [5, 5.41) is 3.66. The molecule has 3 aliphatic rings. The SMILES string of the molecule is NC[C@@H]1CCN(c2cccc(C3NNC4CNC(c5cccnc5)CC43)n2)C1. The molecule has 4 unspecified atom stereocenters. The van der Waals surface area contributed by atoms with Crippen molar-refractivity contribution >= 4 is 5.82 Å². The highest BCUT2D eigenvalue weighted by Gasteiger charge is 2.42. The van der Waals surface area contributed by atoms with E-state index in [1.807, 2.05) is 18.5 Å². The number of nitrogens with one attached hydrogen (secondary N) is 3. The maximum atomic E-state index is 5.86. The number of piperidine rings is 1. The van der Waals surface area contributed by atoms with E-state index in [1.165, 1.54) is 5.56 Å². The van der Waals surface area contributed by atoms with Crippen molar-refractivity contribution < 1.29 is 0 Å². The quantitative estimate of drug-likeness (QED) is 0.633. The van der Waals surface area contributed by atoms with Crippen LogP contribution in [0.25, 0.3) is 0 Å². The maximum absolute atomic E-state index is 5.86. The van der Waals surface area contributed by atoms with Gasteiger partial charge in [-0.3, -0.25) is 10.4 Å². The average molecular weight is 380 g/mol. The van der Waals surface area contributed by atoms with Crippen molar-refractivity contribution in [2.24, 2.45) is 17.6 Å². The molecule has 0 aliphatic carbocycles. The van der Waals surface area contributed by atoms with Crippen LogP contribution in [0.4, 0.5) is 5.82 Å². The summed E-state index contributed by atoms with van der Waals surface area (Å²) in [4.78, 5) is 11.7. The van der Waals surface area contributed by atoms with Gasteiger partial charge in [-0.05, 0) is 49.1 Å². The molecule has 5 atom stereocenters. The van der Waals surface area contributed by atoms with E-state index >= 15 is 0 Å². The van der Waals surface area contributed by atoms with E-state index in [4.69, 9.17) is 10.7 Å². The zero-order valence-corrected chi connectivity index (χ0v) is 16.1. The van der Waals surface area contributed by atoms with Crippen LogP contribution in [0, 0.1) is 11.8 Å². The molecule has 148 valence electrons. The van der Waals surface area contributed by atoms with Crippen LogP contribution in [-0.2, 0) is 0 Å². The summed E-state index contributed by atoms with van der Waals surface area (Å²) in [6.45, 7) is 3.77. The molecular weight excluding hydrogens is 350 g/mol. The van der Waals surface area contributed by atoms with Crippen LogP contribution < -0.4 is 26.8 Å². The second-order valence-corrected chi connectivity index (χ2v) is 8.28. The minimum absolute atomic E-state index is 0.221. The van der Waals surface area contributed by atoms with Crippen LogP contribution >= 0.6 is 0 Å². The third-order valence-electron chi connectivity index (χ3n) is 6.57. The summed E-state index contributed by atoms with van der Waals surface area (Å²) in [5.74, 6) is 2.16. The lowest BCUT2D eigenvalue weighted by molar-refractivity contribution is 0.265. The molecule has 3 saturated heterocycles. The highest BCUT2D eigenvalue weighted by molar-refractivity contribution is 5.41. The fraction of sp³-hybridized carbons (Fsp3) is 0.524. The third-order valence-corrected chi connectivity index (χ3v) is 6.57. The summed E-state index contributed by atoms with van der Waals surface area (Å²) >= 11 is 0. The predicted molar refractivity (Wildman–Crippen MR) is 109 cm³/mol. The van der Waals surface area contributed by atoms with Gasteiger partial charge in [0.05, 0.1) is 11.7 Å². The molecule has 5 heterocycles. The van der Waals surface area contributed by atoms with Crippen molar-refractivity contribution in [3.8, 4) is 0 Å². The number of rotatable bonds is 4. The number of hydrazine groups is 1. The molecule has 3 fully saturated rings. The molecule has 5 rings (SSSR count). The number of nitrogens with two attached hydrogens (primary N) is 1. The predicted octanol–water partition coefficient (Wildman–Crippen LogP) is 1.13. The smallest absolute Gasteiger partial charge is 0.128 e. The van der Waals surface area contributed by atoms with E-state index in [0.717, 1.165) is 50.5 Å². The molecule has 28 heavy (non-hydrogen) atoms. The van der Waals surface area contributed by atoms with E-state index in [1.54, 1.807) is 0 Å². The first kappa shape index (κ1) is 18.0. The molecule has 2 aromatic heterocycles. The van der Waals surface area contributed by atoms with Crippen LogP contribution in [0.3, 0.4) is 0 Å². The Labute approximate surface area is 166 Å². The molecule has 2 aromatic rings. The molecule has 3 aliphatic heterocycles. The van der Waals surface area contributed by atoms with Crippen molar-refractivity contribution in [3.63, 3.8) is 0 Å². The summed E-state index contributed by atoms with van der Waals surface area (Å²) in [6, 6.07) is 11.6. The Morgan fingerprint density at radius 1 is 1.18 bits per heavy atom. The Morgan fingerprint density at radius 2 is 2.14 bits per heavy atom. The summed E-state index contributed by atoms with van der Waals surface area (Å²) in [7, 11) is 0. The fourth-order valence-corrected chi connectivity index (χ4v) is 4.92. The molecule has 0 amide bonds. The molecule has 0 bridgehead atoms. The number of fused-ring (bicyclic) bond motifs is 1. The summed E-state index contributed by atoms with van der Waals surface area (Å²) in [6.07, 6.45) is 6.03. The van der Waals surface area contributed by atoms with E-state index in [-0.39, 0.29) is 6.04 Å². The van der Waals surface area contributed by atoms with Crippen LogP contribution in [-0.4, -0.2) is 42.2 Å². The minimum Gasteiger partial charge on any atom is -0.356 e. The van der Waals surface area contributed by atoms with Crippen LogP contribution in [0.1, 0.15) is 36.2 Å². The Morgan fingerprint density at radius 3 is 2.96 bits per heavy atom. The van der Waals surface area contributed by atoms with Gasteiger partial charge in [-0.1, -0.05) is 12.1 Å². The van der Waals surface area contributed by atoms with E-state index in [2.05, 4.69) is 50.3 Å². The van der Waals surface area contributed by atoms with Gasteiger partial charge >= 0.3 is 0 Å². The molecular formula is C21H29N7. The van der Waals surface area contributed by atoms with Crippen molar-refractivity contribution in [1.82, 2.24) is 26.1 Å². The number of hydrogen-bond donors (Lipinski definition) is 4. The van der Waals surface area contributed by atoms with Gasteiger partial charge in [-0.2, -0.15) is 0 Å². The van der Waals surface area contributed by atoms with Crippen molar-refractivity contribution in [2.45, 2.75) is 31.0 Å². The Kier molecular flexibility index (Phi) is 4.98. The standard InChI is InChI=1S/C21H29N7/c22-10-14-6-8-28(13-14)20-5-1-4-17(25-20)21-16-9-18(15-3-2-7-23-11-15)24-12-19(16)26-27-21/h1-5,7,11,14,16,18-19,21,24,26-27H,6,8-10,12-13,22H2/t14-,16?,18?,19?,21?/m0/s1. The first-order chi connectivity index (χ1) is 13.8. The number of aromatic nitrogens is 2. The number of pyridine rings is 2. The Bertz CT molecular complexity index is 798. The topological polar surface area (TPSA) is 91.1 Å². The molecule has 7 nitrogen and oxygen atoms in total. The molecule has 7 heteroatoms. The summed E-state index contributed by atoms with van der Waals surface area (Å²) in [5.41, 5.74) is 15.3. The maximum Gasteiger partial charge on any atom is 0.128 e. The van der Waals surface area contributed by atoms with E-state index in [0.29, 0.717) is 23.9 Å². The fourth-order valence-electron chi connectivity index (χ4n) is 4.92. The van der Waals surface area contributed by atoms with Gasteiger partial charge in [0.2, 0.25) is 0 Å². The van der Waals surface area contributed by atoms with Crippen LogP contribution in [0.5, 0.6) is 0 Å². The van der Waals surface area contributed by atoms with Gasteiger partial charge in [-0.25, -0.2) is 10.4 Å². The van der Waals surface area contributed by atoms with Crippen molar-refractivity contribution in [1.29, 1.82) is 0 Å². The van der Waals surface area contributed by atoms with Gasteiger partial charge in [-0.15, -0.1) is 0 Å². The van der Waals surface area contributed by atoms with Crippen molar-refractivity contribution in [3.05, 3.63) is 54.0 Å². The molecule has 0 spiro atoms. The zero-order valence-electron chi connectivity index (χ0n) is 16.1.